The molecule has 1 N–H and O–H groups in total. The number of benzene rings is 2. The third-order valence-electron chi connectivity index (χ3n) is 6.64. The van der Waals surface area contributed by atoms with Crippen molar-refractivity contribution >= 4 is 12.4 Å². The van der Waals surface area contributed by atoms with Crippen LogP contribution in [0.2, 0.25) is 0 Å². The fourth-order valence-electron chi connectivity index (χ4n) is 4.74. The van der Waals surface area contributed by atoms with E-state index >= 15 is 0 Å². The lowest BCUT2D eigenvalue weighted by Gasteiger charge is -2.42. The molecule has 5 rings (SSSR count). The Morgan fingerprint density at radius 2 is 1.44 bits per heavy atom. The minimum absolute atomic E-state index is 0.0182. The predicted octanol–water partition coefficient (Wildman–Crippen LogP) is 3.36. The molecule has 36 heavy (non-hydrogen) atoms. The zero-order chi connectivity index (χ0) is 25.5. The first-order chi connectivity index (χ1) is 17.2. The zero-order valence-electron chi connectivity index (χ0n) is 18.8. The quantitative estimate of drug-likeness (QED) is 0.613. The topological polar surface area (TPSA) is 104 Å². The van der Waals surface area contributed by atoms with Crippen LogP contribution in [0.1, 0.15) is 24.0 Å². The van der Waals surface area contributed by atoms with E-state index in [0.29, 0.717) is 34.1 Å². The Labute approximate surface area is 203 Å². The molecule has 0 radical (unpaired) electrons. The zero-order valence-corrected chi connectivity index (χ0v) is 18.8. The van der Waals surface area contributed by atoms with Gasteiger partial charge in [0, 0.05) is 13.1 Å². The van der Waals surface area contributed by atoms with Crippen molar-refractivity contribution in [3.63, 3.8) is 0 Å². The first-order valence-electron chi connectivity index (χ1n) is 11.2. The standard InChI is InChI=1S/C24H22F3NO8/c25-24(26,27)21(11-29)36-22(30)28-7-5-14(6-8-28)23(31,15-1-3-17-19(9-15)34-12-32-17)16-2-4-18-20(10-16)35-13-33-18/h1-4,9-11,14,21,31H,5-8,12-13H2. The SMILES string of the molecule is O=CC(OC(=O)N1CCC(C(O)(c2ccc3c(c2)OCO3)c2ccc3c(c2)OCO3)CC1)C(F)(F)F. The number of nitrogens with zero attached hydrogens (tertiary/aromatic N) is 1. The van der Waals surface area contributed by atoms with Gasteiger partial charge in [-0.1, -0.05) is 12.1 Å². The van der Waals surface area contributed by atoms with E-state index in [0.717, 1.165) is 4.90 Å². The fraction of sp³-hybridized carbons (Fsp3) is 0.417. The van der Waals surface area contributed by atoms with Crippen LogP contribution in [0.3, 0.4) is 0 Å². The molecule has 0 aliphatic carbocycles. The summed E-state index contributed by atoms with van der Waals surface area (Å²) in [5.74, 6) is 1.59. The van der Waals surface area contributed by atoms with Gasteiger partial charge < -0.3 is 33.7 Å². The molecule has 0 saturated carbocycles. The molecule has 3 aliphatic heterocycles. The maximum atomic E-state index is 12.8. The summed E-state index contributed by atoms with van der Waals surface area (Å²) in [6.07, 6.45) is -9.03. The molecule has 0 aromatic heterocycles. The molecule has 2 aromatic carbocycles. The molecular weight excluding hydrogens is 487 g/mol. The lowest BCUT2D eigenvalue weighted by atomic mass is 9.72. The van der Waals surface area contributed by atoms with E-state index in [9.17, 15) is 27.9 Å². The average molecular weight is 509 g/mol. The summed E-state index contributed by atoms with van der Waals surface area (Å²) in [6.45, 7) is 0.150. The number of amides is 1. The van der Waals surface area contributed by atoms with Crippen molar-refractivity contribution < 1.29 is 51.6 Å². The lowest BCUT2D eigenvalue weighted by Crippen LogP contribution is -2.48. The van der Waals surface area contributed by atoms with E-state index in [1.54, 1.807) is 36.4 Å². The van der Waals surface area contributed by atoms with Crippen LogP contribution in [-0.4, -0.2) is 61.3 Å². The summed E-state index contributed by atoms with van der Waals surface area (Å²) in [7, 11) is 0. The first kappa shape index (κ1) is 24.0. The molecule has 12 heteroatoms. The van der Waals surface area contributed by atoms with Crippen LogP contribution in [-0.2, 0) is 15.1 Å². The van der Waals surface area contributed by atoms with E-state index in [-0.39, 0.29) is 39.5 Å². The fourth-order valence-corrected chi connectivity index (χ4v) is 4.74. The van der Waals surface area contributed by atoms with Crippen LogP contribution in [0, 0.1) is 5.92 Å². The summed E-state index contributed by atoms with van der Waals surface area (Å²) in [4.78, 5) is 24.1. The number of likely N-dealkylation sites (tertiary alicyclic amines) is 1. The third-order valence-corrected chi connectivity index (χ3v) is 6.64. The molecular formula is C24H22F3NO8. The second kappa shape index (κ2) is 9.08. The Morgan fingerprint density at radius 1 is 0.944 bits per heavy atom. The van der Waals surface area contributed by atoms with Crippen molar-refractivity contribution in [2.75, 3.05) is 26.7 Å². The maximum Gasteiger partial charge on any atom is 0.432 e. The van der Waals surface area contributed by atoms with E-state index in [4.69, 9.17) is 18.9 Å². The van der Waals surface area contributed by atoms with Crippen molar-refractivity contribution in [1.82, 2.24) is 4.90 Å². The molecule has 3 heterocycles. The van der Waals surface area contributed by atoms with Gasteiger partial charge in [-0.05, 0) is 54.2 Å². The molecule has 1 saturated heterocycles. The van der Waals surface area contributed by atoms with Crippen LogP contribution in [0.25, 0.3) is 0 Å². The molecule has 1 amide bonds. The number of aliphatic hydroxyl groups is 1. The van der Waals surface area contributed by atoms with Gasteiger partial charge >= 0.3 is 12.3 Å². The van der Waals surface area contributed by atoms with E-state index < -0.39 is 36.2 Å². The molecule has 1 fully saturated rings. The van der Waals surface area contributed by atoms with E-state index in [2.05, 4.69) is 4.74 Å². The van der Waals surface area contributed by atoms with Gasteiger partial charge in [0.05, 0.1) is 0 Å². The minimum atomic E-state index is -4.99. The highest BCUT2D eigenvalue weighted by atomic mass is 19.4. The van der Waals surface area contributed by atoms with Crippen LogP contribution in [0.15, 0.2) is 36.4 Å². The number of fused-ring (bicyclic) bond motifs is 2. The highest BCUT2D eigenvalue weighted by molar-refractivity contribution is 5.71. The molecule has 3 aliphatic rings. The first-order valence-corrected chi connectivity index (χ1v) is 11.2. The molecule has 2 aromatic rings. The number of halogens is 3. The monoisotopic (exact) mass is 509 g/mol. The Hall–Kier alpha value is -3.67. The van der Waals surface area contributed by atoms with Gasteiger partial charge in [0.1, 0.15) is 5.60 Å². The summed E-state index contributed by atoms with van der Waals surface area (Å²) in [6, 6.07) is 10.2. The Bertz CT molecular complexity index is 1110. The number of rotatable bonds is 5. The van der Waals surface area contributed by atoms with Gasteiger partial charge in [0.15, 0.2) is 29.3 Å². The van der Waals surface area contributed by atoms with Gasteiger partial charge in [0.25, 0.3) is 6.10 Å². The summed E-state index contributed by atoms with van der Waals surface area (Å²) < 4.78 is 64.6. The smallest absolute Gasteiger partial charge is 0.432 e. The molecule has 1 atom stereocenters. The molecule has 9 nitrogen and oxygen atoms in total. The highest BCUT2D eigenvalue weighted by Crippen LogP contribution is 2.47. The minimum Gasteiger partial charge on any atom is -0.454 e. The predicted molar refractivity (Wildman–Crippen MR) is 115 cm³/mol. The summed E-state index contributed by atoms with van der Waals surface area (Å²) in [5.41, 5.74) is -0.524. The largest absolute Gasteiger partial charge is 0.454 e. The number of hydrogen-bond donors (Lipinski definition) is 1. The third kappa shape index (κ3) is 4.25. The Balaban J connectivity index is 1.40. The second-order valence-electron chi connectivity index (χ2n) is 8.65. The van der Waals surface area contributed by atoms with Crippen LogP contribution in [0.5, 0.6) is 23.0 Å². The number of carbonyl (C=O) groups is 2. The van der Waals surface area contributed by atoms with Gasteiger partial charge in [-0.3, -0.25) is 4.79 Å². The van der Waals surface area contributed by atoms with Crippen LogP contribution < -0.4 is 18.9 Å². The molecule has 0 spiro atoms. The lowest BCUT2D eigenvalue weighted by molar-refractivity contribution is -0.199. The molecule has 1 unspecified atom stereocenters. The number of aldehydes is 1. The normalized spacial score (nSPS) is 18.2. The van der Waals surface area contributed by atoms with Gasteiger partial charge in [-0.2, -0.15) is 13.2 Å². The number of hydrogen-bond acceptors (Lipinski definition) is 8. The van der Waals surface area contributed by atoms with Crippen molar-refractivity contribution in [2.45, 2.75) is 30.7 Å². The number of piperidine rings is 1. The number of carbonyl (C=O) groups excluding carboxylic acids is 2. The van der Waals surface area contributed by atoms with Crippen LogP contribution >= 0.6 is 0 Å². The second-order valence-corrected chi connectivity index (χ2v) is 8.65. The molecule has 192 valence electrons. The van der Waals surface area contributed by atoms with E-state index in [1.165, 1.54) is 0 Å². The van der Waals surface area contributed by atoms with Crippen molar-refractivity contribution in [3.8, 4) is 23.0 Å². The van der Waals surface area contributed by atoms with Gasteiger partial charge in [0.2, 0.25) is 13.6 Å². The van der Waals surface area contributed by atoms with Gasteiger partial charge in [-0.25, -0.2) is 4.79 Å². The van der Waals surface area contributed by atoms with Gasteiger partial charge in [-0.15, -0.1) is 0 Å². The van der Waals surface area contributed by atoms with Crippen molar-refractivity contribution in [1.29, 1.82) is 0 Å². The van der Waals surface area contributed by atoms with Crippen LogP contribution in [0.4, 0.5) is 18.0 Å². The number of ether oxygens (including phenoxy) is 5. The van der Waals surface area contributed by atoms with Crippen molar-refractivity contribution in [2.24, 2.45) is 5.92 Å². The van der Waals surface area contributed by atoms with E-state index in [1.807, 2.05) is 0 Å². The maximum absolute atomic E-state index is 12.8. The number of alkyl halides is 3. The highest BCUT2D eigenvalue weighted by Gasteiger charge is 2.46. The Kier molecular flexibility index (Phi) is 6.07. The molecule has 0 bridgehead atoms. The summed E-state index contributed by atoms with van der Waals surface area (Å²) in [5, 5.41) is 12.2. The average Bonchev–Trinajstić information content (AvgIpc) is 3.54. The Morgan fingerprint density at radius 3 is 1.92 bits per heavy atom. The summed E-state index contributed by atoms with van der Waals surface area (Å²) >= 11 is 0. The van der Waals surface area contributed by atoms with Crippen molar-refractivity contribution in [3.05, 3.63) is 47.5 Å².